The fourth-order valence-electron chi connectivity index (χ4n) is 5.43. The summed E-state index contributed by atoms with van der Waals surface area (Å²) >= 11 is 7.02. The zero-order valence-corrected chi connectivity index (χ0v) is 30.3. The molecule has 1 aliphatic heterocycles. The van der Waals surface area contributed by atoms with Gasteiger partial charge in [-0.15, -0.1) is 0 Å². The normalized spacial score (nSPS) is 14.1. The fourth-order valence-corrected chi connectivity index (χ4v) is 8.13. The van der Waals surface area contributed by atoms with E-state index in [1.165, 1.54) is 11.3 Å². The summed E-state index contributed by atoms with van der Waals surface area (Å²) in [6.07, 6.45) is 1.78. The molecule has 1 aromatic heterocycles. The predicted octanol–water partition coefficient (Wildman–Crippen LogP) is 6.76. The molecule has 240 valence electrons. The van der Waals surface area contributed by atoms with Crippen LogP contribution in [0.5, 0.6) is 11.5 Å². The molecular formula is C37H27BrIN3O5S. The number of ether oxygens (including phenoxy) is 3. The van der Waals surface area contributed by atoms with Crippen LogP contribution >= 0.6 is 49.9 Å². The number of benzene rings is 4. The molecule has 0 spiro atoms. The fraction of sp³-hybridized carbons (Fsp3) is 0.135. The number of aromatic nitrogens is 1. The molecule has 1 atom stereocenters. The van der Waals surface area contributed by atoms with Crippen LogP contribution in [-0.4, -0.2) is 24.3 Å². The number of carbonyl (C=O) groups excluding carboxylic acids is 1. The van der Waals surface area contributed by atoms with Crippen molar-refractivity contribution in [3.8, 4) is 17.6 Å². The summed E-state index contributed by atoms with van der Waals surface area (Å²) in [5.74, 6) is 0.664. The van der Waals surface area contributed by atoms with E-state index in [1.54, 1.807) is 42.9 Å². The Bertz CT molecular complexity index is 2280. The molecule has 0 aliphatic carbocycles. The smallest absolute Gasteiger partial charge is 0.338 e. The Kier molecular flexibility index (Phi) is 10.2. The minimum absolute atomic E-state index is 0.160. The van der Waals surface area contributed by atoms with Gasteiger partial charge in [0.05, 0.1) is 50.8 Å². The minimum Gasteiger partial charge on any atom is -0.497 e. The monoisotopic (exact) mass is 831 g/mol. The van der Waals surface area contributed by atoms with Gasteiger partial charge >= 0.3 is 5.97 Å². The average Bonchev–Trinajstić information content (AvgIpc) is 3.41. The van der Waals surface area contributed by atoms with Crippen LogP contribution < -0.4 is 24.4 Å². The summed E-state index contributed by atoms with van der Waals surface area (Å²) < 4.78 is 20.9. The number of carbonyl (C=O) groups is 1. The largest absolute Gasteiger partial charge is 0.497 e. The SMILES string of the molecule is CCOC(=O)C1=C(c2ccccc2)N=c2s/c(=C\c3cc(Br)cc(I)c3OCc3ccccc3C#N)c(=O)n2[C@@H]1c1ccc(OC)cc1. The van der Waals surface area contributed by atoms with Crippen LogP contribution in [0.15, 0.2) is 111 Å². The van der Waals surface area contributed by atoms with Crippen LogP contribution in [0.4, 0.5) is 0 Å². The average molecular weight is 833 g/mol. The number of nitrogens with zero attached hydrogens (tertiary/aromatic N) is 3. The van der Waals surface area contributed by atoms with Gasteiger partial charge in [-0.05, 0) is 71.5 Å². The van der Waals surface area contributed by atoms with E-state index in [-0.39, 0.29) is 24.3 Å². The number of fused-ring (bicyclic) bond motifs is 1. The lowest BCUT2D eigenvalue weighted by molar-refractivity contribution is -0.138. The molecule has 1 aliphatic rings. The van der Waals surface area contributed by atoms with Crippen molar-refractivity contribution in [3.05, 3.63) is 152 Å². The van der Waals surface area contributed by atoms with Crippen LogP contribution in [0, 0.1) is 14.9 Å². The van der Waals surface area contributed by atoms with Gasteiger partial charge < -0.3 is 14.2 Å². The number of hydrogen-bond acceptors (Lipinski definition) is 8. The molecule has 0 fully saturated rings. The van der Waals surface area contributed by atoms with Crippen molar-refractivity contribution < 1.29 is 19.0 Å². The first kappa shape index (κ1) is 33.4. The zero-order valence-electron chi connectivity index (χ0n) is 25.8. The third kappa shape index (κ3) is 6.74. The topological polar surface area (TPSA) is 103 Å². The molecule has 0 bridgehead atoms. The predicted molar refractivity (Wildman–Crippen MR) is 196 cm³/mol. The number of nitriles is 1. The maximum atomic E-state index is 14.4. The van der Waals surface area contributed by atoms with E-state index >= 15 is 0 Å². The van der Waals surface area contributed by atoms with Crippen molar-refractivity contribution in [2.24, 2.45) is 4.99 Å². The summed E-state index contributed by atoms with van der Waals surface area (Å²) in [6, 6.07) is 29.2. The van der Waals surface area contributed by atoms with E-state index < -0.39 is 12.0 Å². The second-order valence-corrected chi connectivity index (χ2v) is 13.7. The first-order chi connectivity index (χ1) is 23.3. The molecular weight excluding hydrogens is 805 g/mol. The van der Waals surface area contributed by atoms with Crippen LogP contribution in [0.25, 0.3) is 11.8 Å². The van der Waals surface area contributed by atoms with Gasteiger partial charge in [-0.1, -0.05) is 87.9 Å². The Morgan fingerprint density at radius 3 is 2.52 bits per heavy atom. The number of esters is 1. The van der Waals surface area contributed by atoms with E-state index in [9.17, 15) is 14.9 Å². The molecule has 0 saturated heterocycles. The third-order valence-electron chi connectivity index (χ3n) is 7.64. The molecule has 11 heteroatoms. The zero-order chi connectivity index (χ0) is 33.8. The lowest BCUT2D eigenvalue weighted by atomic mass is 9.93. The van der Waals surface area contributed by atoms with Crippen molar-refractivity contribution in [2.75, 3.05) is 13.7 Å². The summed E-state index contributed by atoms with van der Waals surface area (Å²) in [7, 11) is 1.58. The second kappa shape index (κ2) is 14.7. The van der Waals surface area contributed by atoms with E-state index in [2.05, 4.69) is 44.6 Å². The van der Waals surface area contributed by atoms with Crippen LogP contribution in [0.3, 0.4) is 0 Å². The van der Waals surface area contributed by atoms with Gasteiger partial charge in [0.25, 0.3) is 5.56 Å². The van der Waals surface area contributed by atoms with Crippen LogP contribution in [0.2, 0.25) is 0 Å². The van der Waals surface area contributed by atoms with Crippen molar-refractivity contribution in [3.63, 3.8) is 0 Å². The minimum atomic E-state index is -0.815. The molecule has 0 radical (unpaired) electrons. The molecule has 5 aromatic rings. The Labute approximate surface area is 302 Å². The maximum Gasteiger partial charge on any atom is 0.338 e. The van der Waals surface area contributed by atoms with E-state index in [0.717, 1.165) is 19.2 Å². The van der Waals surface area contributed by atoms with Crippen molar-refractivity contribution >= 4 is 67.6 Å². The van der Waals surface area contributed by atoms with Gasteiger partial charge in [0.1, 0.15) is 18.1 Å². The number of hydrogen-bond donors (Lipinski definition) is 0. The molecule has 0 N–H and O–H groups in total. The van der Waals surface area contributed by atoms with Crippen molar-refractivity contribution in [1.29, 1.82) is 5.26 Å². The molecule has 0 amide bonds. The lowest BCUT2D eigenvalue weighted by Gasteiger charge is -2.26. The Morgan fingerprint density at radius 2 is 1.81 bits per heavy atom. The Morgan fingerprint density at radius 1 is 1.08 bits per heavy atom. The number of thiazole rings is 1. The number of rotatable bonds is 9. The van der Waals surface area contributed by atoms with Crippen molar-refractivity contribution in [2.45, 2.75) is 19.6 Å². The molecule has 0 saturated carbocycles. The Balaban J connectivity index is 1.56. The van der Waals surface area contributed by atoms with Gasteiger partial charge in [0.2, 0.25) is 0 Å². The third-order valence-corrected chi connectivity index (χ3v) is 9.88. The highest BCUT2D eigenvalue weighted by molar-refractivity contribution is 14.1. The van der Waals surface area contributed by atoms with Gasteiger partial charge in [-0.25, -0.2) is 9.79 Å². The highest BCUT2D eigenvalue weighted by Crippen LogP contribution is 2.36. The Hall–Kier alpha value is -4.51. The summed E-state index contributed by atoms with van der Waals surface area (Å²) in [5.41, 5.74) is 3.78. The maximum absolute atomic E-state index is 14.4. The molecule has 2 heterocycles. The number of methoxy groups -OCH3 is 1. The van der Waals surface area contributed by atoms with E-state index in [1.807, 2.05) is 72.8 Å². The molecule has 48 heavy (non-hydrogen) atoms. The van der Waals surface area contributed by atoms with Crippen molar-refractivity contribution in [1.82, 2.24) is 4.57 Å². The molecule has 4 aromatic carbocycles. The second-order valence-electron chi connectivity index (χ2n) is 10.6. The highest BCUT2D eigenvalue weighted by Gasteiger charge is 2.35. The summed E-state index contributed by atoms with van der Waals surface area (Å²) in [6.45, 7) is 2.08. The van der Waals surface area contributed by atoms with Crippen LogP contribution in [-0.2, 0) is 16.1 Å². The van der Waals surface area contributed by atoms with Gasteiger partial charge in [0, 0.05) is 21.2 Å². The van der Waals surface area contributed by atoms with E-state index in [0.29, 0.717) is 43.2 Å². The van der Waals surface area contributed by atoms with Crippen LogP contribution in [0.1, 0.15) is 40.8 Å². The van der Waals surface area contributed by atoms with Gasteiger partial charge in [-0.3, -0.25) is 9.36 Å². The molecule has 8 nitrogen and oxygen atoms in total. The first-order valence-corrected chi connectivity index (χ1v) is 17.5. The lowest BCUT2D eigenvalue weighted by Crippen LogP contribution is -2.40. The molecule has 0 unspecified atom stereocenters. The standard InChI is InChI=1S/C37H27BrIN3O5S/c1-3-46-36(44)31-32(22-9-5-4-6-10-22)41-37-42(33(31)23-13-15-28(45-2)16-14-23)35(43)30(48-37)18-26-17-27(38)19-29(39)34(26)47-21-25-12-8-7-11-24(25)20-40/h4-19,33H,3,21H2,1-2H3/b30-18-/t33-/m1/s1. The summed E-state index contributed by atoms with van der Waals surface area (Å²) in [4.78, 5) is 33.5. The molecule has 6 rings (SSSR count). The first-order valence-electron chi connectivity index (χ1n) is 14.8. The van der Waals surface area contributed by atoms with E-state index in [4.69, 9.17) is 19.2 Å². The highest BCUT2D eigenvalue weighted by atomic mass is 127. The quantitative estimate of drug-likeness (QED) is 0.120. The number of halogens is 2. The summed E-state index contributed by atoms with van der Waals surface area (Å²) in [5, 5.41) is 9.57. The van der Waals surface area contributed by atoms with Gasteiger partial charge in [-0.2, -0.15) is 5.26 Å². The van der Waals surface area contributed by atoms with Gasteiger partial charge in [0.15, 0.2) is 4.80 Å².